The van der Waals surface area contributed by atoms with E-state index in [0.29, 0.717) is 0 Å². The van der Waals surface area contributed by atoms with Crippen LogP contribution in [0.4, 0.5) is 17.1 Å². The second kappa shape index (κ2) is 12.9. The zero-order valence-corrected chi connectivity index (χ0v) is 31.2. The van der Waals surface area contributed by atoms with Gasteiger partial charge in [-0.05, 0) is 89.0 Å². The highest BCUT2D eigenvalue weighted by Crippen LogP contribution is 2.47. The molecular formula is C54H33NO3. The molecule has 0 saturated carbocycles. The quantitative estimate of drug-likeness (QED) is 0.170. The summed E-state index contributed by atoms with van der Waals surface area (Å²) in [5.74, 6) is 0. The van der Waals surface area contributed by atoms with E-state index < -0.39 is 0 Å². The number of rotatable bonds is 6. The molecular weight excluding hydrogens is 711 g/mol. The molecule has 4 heteroatoms. The molecule has 12 rings (SSSR count). The van der Waals surface area contributed by atoms with Gasteiger partial charge < -0.3 is 18.2 Å². The monoisotopic (exact) mass is 743 g/mol. The molecule has 0 spiro atoms. The van der Waals surface area contributed by atoms with E-state index in [4.69, 9.17) is 13.3 Å². The average Bonchev–Trinajstić information content (AvgIpc) is 3.99. The summed E-state index contributed by atoms with van der Waals surface area (Å²) >= 11 is 0. The molecule has 58 heavy (non-hydrogen) atoms. The Morgan fingerprint density at radius 2 is 0.845 bits per heavy atom. The largest absolute Gasteiger partial charge is 0.456 e. The van der Waals surface area contributed by atoms with E-state index in [2.05, 4.69) is 175 Å². The third-order valence-corrected chi connectivity index (χ3v) is 11.5. The number of hydrogen-bond acceptors (Lipinski definition) is 4. The van der Waals surface area contributed by atoms with Crippen LogP contribution in [0, 0.1) is 0 Å². The molecule has 3 heterocycles. The summed E-state index contributed by atoms with van der Waals surface area (Å²) in [6.07, 6.45) is 0. The standard InChI is InChI=1S/C54H33NO3/c1-3-12-35(13-4-1)40-18-11-19-43-45-32-37(24-30-51(45)57-53(40)43)34-22-25-38(26-23-34)55(39-27-31-50-46(33-39)42-16-7-9-20-48(42)56-50)47-29-28-41(36-14-5-2-6-15-36)54-52(47)44-17-8-10-21-49(44)58-54/h1-33H. The van der Waals surface area contributed by atoms with Crippen LogP contribution >= 0.6 is 0 Å². The third-order valence-electron chi connectivity index (χ3n) is 11.5. The van der Waals surface area contributed by atoms with Gasteiger partial charge in [0.25, 0.3) is 0 Å². The summed E-state index contributed by atoms with van der Waals surface area (Å²) < 4.78 is 19.5. The Labute approximate surface area is 333 Å². The van der Waals surface area contributed by atoms with E-state index in [-0.39, 0.29) is 0 Å². The fourth-order valence-corrected chi connectivity index (χ4v) is 8.75. The highest BCUT2D eigenvalue weighted by Gasteiger charge is 2.23. The molecule has 0 unspecified atom stereocenters. The van der Waals surface area contributed by atoms with Gasteiger partial charge in [-0.25, -0.2) is 0 Å². The minimum absolute atomic E-state index is 0.853. The topological polar surface area (TPSA) is 42.7 Å². The van der Waals surface area contributed by atoms with Crippen LogP contribution < -0.4 is 4.90 Å². The Hall–Kier alpha value is -7.82. The van der Waals surface area contributed by atoms with Gasteiger partial charge >= 0.3 is 0 Å². The first-order valence-electron chi connectivity index (χ1n) is 19.6. The Morgan fingerprint density at radius 1 is 0.293 bits per heavy atom. The predicted molar refractivity (Wildman–Crippen MR) is 239 cm³/mol. The van der Waals surface area contributed by atoms with Gasteiger partial charge in [0.1, 0.15) is 33.5 Å². The van der Waals surface area contributed by atoms with E-state index in [1.165, 1.54) is 0 Å². The fraction of sp³-hybridized carbons (Fsp3) is 0. The second-order valence-electron chi connectivity index (χ2n) is 14.8. The normalized spacial score (nSPS) is 11.8. The summed E-state index contributed by atoms with van der Waals surface area (Å²) in [6.45, 7) is 0. The van der Waals surface area contributed by atoms with Crippen molar-refractivity contribution in [2.24, 2.45) is 0 Å². The molecule has 0 radical (unpaired) electrons. The molecule has 0 aliphatic heterocycles. The number of anilines is 3. The molecule has 0 atom stereocenters. The second-order valence-corrected chi connectivity index (χ2v) is 14.8. The van der Waals surface area contributed by atoms with E-state index in [1.54, 1.807) is 0 Å². The minimum Gasteiger partial charge on any atom is -0.456 e. The highest BCUT2D eigenvalue weighted by molar-refractivity contribution is 6.18. The molecule has 9 aromatic carbocycles. The summed E-state index contributed by atoms with van der Waals surface area (Å²) in [7, 11) is 0. The molecule has 3 aromatic heterocycles. The van der Waals surface area contributed by atoms with Crippen LogP contribution in [0.5, 0.6) is 0 Å². The van der Waals surface area contributed by atoms with Crippen LogP contribution in [0.2, 0.25) is 0 Å². The van der Waals surface area contributed by atoms with Crippen LogP contribution in [-0.2, 0) is 0 Å². The van der Waals surface area contributed by atoms with Crippen molar-refractivity contribution in [2.45, 2.75) is 0 Å². The molecule has 0 saturated heterocycles. The van der Waals surface area contributed by atoms with Crippen LogP contribution in [0.15, 0.2) is 213 Å². The van der Waals surface area contributed by atoms with Gasteiger partial charge in [0.15, 0.2) is 0 Å². The van der Waals surface area contributed by atoms with Crippen molar-refractivity contribution in [3.63, 3.8) is 0 Å². The van der Waals surface area contributed by atoms with E-state index in [0.717, 1.165) is 116 Å². The lowest BCUT2D eigenvalue weighted by molar-refractivity contribution is 0.668. The number of nitrogens with zero attached hydrogens (tertiary/aromatic N) is 1. The maximum atomic E-state index is 6.74. The summed E-state index contributed by atoms with van der Waals surface area (Å²) in [6, 6.07) is 70.2. The van der Waals surface area contributed by atoms with E-state index >= 15 is 0 Å². The van der Waals surface area contributed by atoms with Crippen molar-refractivity contribution in [2.75, 3.05) is 4.90 Å². The number of fused-ring (bicyclic) bond motifs is 9. The van der Waals surface area contributed by atoms with Crippen LogP contribution in [-0.4, -0.2) is 0 Å². The SMILES string of the molecule is c1ccc(-c2cccc3c2oc2ccc(-c4ccc(N(c5ccc6oc7ccccc7c6c5)c5ccc(-c6ccccc6)c6oc7ccccc7c56)cc4)cc23)cc1. The maximum Gasteiger partial charge on any atom is 0.145 e. The lowest BCUT2D eigenvalue weighted by atomic mass is 9.99. The van der Waals surface area contributed by atoms with Crippen molar-refractivity contribution in [1.29, 1.82) is 0 Å². The van der Waals surface area contributed by atoms with Crippen LogP contribution in [0.25, 0.3) is 99.2 Å². The first-order valence-corrected chi connectivity index (χ1v) is 19.6. The molecule has 4 nitrogen and oxygen atoms in total. The fourth-order valence-electron chi connectivity index (χ4n) is 8.75. The Balaban J connectivity index is 1.03. The molecule has 0 N–H and O–H groups in total. The average molecular weight is 744 g/mol. The maximum absolute atomic E-state index is 6.74. The van der Waals surface area contributed by atoms with Gasteiger partial charge in [0, 0.05) is 49.4 Å². The zero-order chi connectivity index (χ0) is 38.2. The van der Waals surface area contributed by atoms with Crippen molar-refractivity contribution in [3.05, 3.63) is 200 Å². The lowest BCUT2D eigenvalue weighted by Crippen LogP contribution is -2.10. The Kier molecular flexibility index (Phi) is 7.20. The van der Waals surface area contributed by atoms with Crippen LogP contribution in [0.1, 0.15) is 0 Å². The Morgan fingerprint density at radius 3 is 1.62 bits per heavy atom. The molecule has 0 aliphatic rings. The molecule has 0 fully saturated rings. The molecule has 0 bridgehead atoms. The van der Waals surface area contributed by atoms with Gasteiger partial charge in [0.05, 0.1) is 11.1 Å². The van der Waals surface area contributed by atoms with Crippen molar-refractivity contribution < 1.29 is 13.3 Å². The Bertz CT molecular complexity index is 3500. The first-order chi connectivity index (χ1) is 28.7. The molecule has 272 valence electrons. The van der Waals surface area contributed by atoms with Crippen LogP contribution in [0.3, 0.4) is 0 Å². The van der Waals surface area contributed by atoms with Gasteiger partial charge in [-0.15, -0.1) is 0 Å². The predicted octanol–water partition coefficient (Wildman–Crippen LogP) is 15.9. The van der Waals surface area contributed by atoms with Crippen molar-refractivity contribution in [1.82, 2.24) is 0 Å². The molecule has 0 aliphatic carbocycles. The third kappa shape index (κ3) is 5.09. The number of benzene rings is 9. The highest BCUT2D eigenvalue weighted by atomic mass is 16.3. The van der Waals surface area contributed by atoms with Gasteiger partial charge in [-0.3, -0.25) is 0 Å². The summed E-state index contributed by atoms with van der Waals surface area (Å²) in [5.41, 5.74) is 15.0. The number of hydrogen-bond donors (Lipinski definition) is 0. The van der Waals surface area contributed by atoms with Gasteiger partial charge in [0.2, 0.25) is 0 Å². The number of para-hydroxylation sites is 3. The summed E-state index contributed by atoms with van der Waals surface area (Å²) in [5, 5.41) is 6.50. The minimum atomic E-state index is 0.853. The lowest BCUT2D eigenvalue weighted by Gasteiger charge is -2.27. The molecule has 0 amide bonds. The van der Waals surface area contributed by atoms with E-state index in [9.17, 15) is 0 Å². The van der Waals surface area contributed by atoms with E-state index in [1.807, 2.05) is 30.3 Å². The summed E-state index contributed by atoms with van der Waals surface area (Å²) in [4.78, 5) is 2.35. The zero-order valence-electron chi connectivity index (χ0n) is 31.2. The van der Waals surface area contributed by atoms with Gasteiger partial charge in [-0.2, -0.15) is 0 Å². The van der Waals surface area contributed by atoms with Crippen molar-refractivity contribution >= 4 is 82.9 Å². The van der Waals surface area contributed by atoms with Crippen molar-refractivity contribution in [3.8, 4) is 33.4 Å². The number of furan rings is 3. The smallest absolute Gasteiger partial charge is 0.145 e. The molecule has 12 aromatic rings. The van der Waals surface area contributed by atoms with Gasteiger partial charge in [-0.1, -0.05) is 133 Å². The first kappa shape index (κ1) is 32.4.